The fraction of sp³-hybridized carbons (Fsp3) is 0.350. The summed E-state index contributed by atoms with van der Waals surface area (Å²) in [4.78, 5) is 22.5. The number of non-ortho nitro benzene ring substituents is 1. The number of nitro benzene ring substituents is 1. The van der Waals surface area contributed by atoms with E-state index in [1.807, 2.05) is 19.1 Å². The van der Waals surface area contributed by atoms with E-state index in [0.29, 0.717) is 17.0 Å². The topological polar surface area (TPSA) is 81.5 Å². The molecule has 0 saturated carbocycles. The molecule has 0 aliphatic heterocycles. The van der Waals surface area contributed by atoms with Gasteiger partial charge >= 0.3 is 0 Å². The Balaban J connectivity index is 2.07. The summed E-state index contributed by atoms with van der Waals surface area (Å²) in [6.45, 7) is 9.87. The molecular weight excluding hydrogens is 332 g/mol. The Kier molecular flexibility index (Phi) is 5.65. The van der Waals surface area contributed by atoms with Crippen molar-refractivity contribution in [1.29, 1.82) is 0 Å². The minimum atomic E-state index is -0.465. The number of hydrogen-bond acceptors (Lipinski definition) is 4. The molecule has 26 heavy (non-hydrogen) atoms. The summed E-state index contributed by atoms with van der Waals surface area (Å²) < 4.78 is 5.73. The van der Waals surface area contributed by atoms with Crippen molar-refractivity contribution in [3.8, 4) is 5.75 Å². The molecule has 2 aromatic rings. The van der Waals surface area contributed by atoms with E-state index in [-0.39, 0.29) is 23.6 Å². The predicted molar refractivity (Wildman–Crippen MR) is 102 cm³/mol. The molecule has 138 valence electrons. The van der Waals surface area contributed by atoms with Crippen LogP contribution in [0.1, 0.15) is 37.5 Å². The van der Waals surface area contributed by atoms with Crippen LogP contribution in [-0.2, 0) is 10.2 Å². The Morgan fingerprint density at radius 2 is 1.85 bits per heavy atom. The number of anilines is 1. The van der Waals surface area contributed by atoms with Crippen molar-refractivity contribution in [2.24, 2.45) is 0 Å². The highest BCUT2D eigenvalue weighted by Gasteiger charge is 2.20. The SMILES string of the molecule is Cc1ccc(OCC(=O)Nc2ccc([N+](=O)[O-])cc2C)c(C(C)(C)C)c1. The third kappa shape index (κ3) is 4.81. The summed E-state index contributed by atoms with van der Waals surface area (Å²) in [6.07, 6.45) is 0. The molecule has 6 heteroatoms. The van der Waals surface area contributed by atoms with E-state index in [4.69, 9.17) is 4.74 Å². The molecule has 0 saturated heterocycles. The van der Waals surface area contributed by atoms with Crippen molar-refractivity contribution in [3.63, 3.8) is 0 Å². The van der Waals surface area contributed by atoms with Crippen molar-refractivity contribution in [3.05, 3.63) is 63.2 Å². The lowest BCUT2D eigenvalue weighted by Gasteiger charge is -2.23. The maximum Gasteiger partial charge on any atom is 0.269 e. The smallest absolute Gasteiger partial charge is 0.269 e. The first-order valence-corrected chi connectivity index (χ1v) is 8.37. The second-order valence-corrected chi connectivity index (χ2v) is 7.34. The van der Waals surface area contributed by atoms with Crippen LogP contribution < -0.4 is 10.1 Å². The monoisotopic (exact) mass is 356 g/mol. The fourth-order valence-electron chi connectivity index (χ4n) is 2.59. The van der Waals surface area contributed by atoms with Crippen LogP contribution >= 0.6 is 0 Å². The average molecular weight is 356 g/mol. The van der Waals surface area contributed by atoms with Crippen LogP contribution in [-0.4, -0.2) is 17.4 Å². The number of rotatable bonds is 5. The lowest BCUT2D eigenvalue weighted by Crippen LogP contribution is -2.22. The van der Waals surface area contributed by atoms with Gasteiger partial charge < -0.3 is 10.1 Å². The first-order chi connectivity index (χ1) is 12.1. The summed E-state index contributed by atoms with van der Waals surface area (Å²) in [5, 5.41) is 13.5. The Morgan fingerprint density at radius 1 is 1.15 bits per heavy atom. The van der Waals surface area contributed by atoms with Crippen molar-refractivity contribution < 1.29 is 14.5 Å². The van der Waals surface area contributed by atoms with E-state index >= 15 is 0 Å². The zero-order valence-electron chi connectivity index (χ0n) is 15.8. The van der Waals surface area contributed by atoms with E-state index in [0.717, 1.165) is 11.1 Å². The fourth-order valence-corrected chi connectivity index (χ4v) is 2.59. The molecule has 0 unspecified atom stereocenters. The molecule has 1 amide bonds. The Bertz CT molecular complexity index is 838. The molecule has 1 N–H and O–H groups in total. The van der Waals surface area contributed by atoms with Gasteiger partial charge in [0.2, 0.25) is 0 Å². The van der Waals surface area contributed by atoms with Gasteiger partial charge in [-0.1, -0.05) is 38.5 Å². The van der Waals surface area contributed by atoms with Gasteiger partial charge in [-0.05, 0) is 42.5 Å². The molecule has 0 aliphatic rings. The lowest BCUT2D eigenvalue weighted by molar-refractivity contribution is -0.384. The molecule has 0 bridgehead atoms. The van der Waals surface area contributed by atoms with E-state index in [2.05, 4.69) is 32.2 Å². The van der Waals surface area contributed by atoms with Crippen LogP contribution in [0.2, 0.25) is 0 Å². The van der Waals surface area contributed by atoms with Crippen LogP contribution in [0.4, 0.5) is 11.4 Å². The van der Waals surface area contributed by atoms with Gasteiger partial charge in [0, 0.05) is 17.8 Å². The molecule has 0 atom stereocenters. The molecular formula is C20H24N2O4. The van der Waals surface area contributed by atoms with Crippen molar-refractivity contribution in [2.45, 2.75) is 40.0 Å². The minimum Gasteiger partial charge on any atom is -0.483 e. The van der Waals surface area contributed by atoms with E-state index < -0.39 is 4.92 Å². The third-order valence-corrected chi connectivity index (χ3v) is 4.00. The molecule has 2 rings (SSSR count). The van der Waals surface area contributed by atoms with Crippen LogP contribution in [0.5, 0.6) is 5.75 Å². The van der Waals surface area contributed by atoms with E-state index in [9.17, 15) is 14.9 Å². The van der Waals surface area contributed by atoms with Crippen LogP contribution in [0.15, 0.2) is 36.4 Å². The maximum atomic E-state index is 12.2. The van der Waals surface area contributed by atoms with Crippen LogP contribution in [0, 0.1) is 24.0 Å². The Morgan fingerprint density at radius 3 is 2.42 bits per heavy atom. The van der Waals surface area contributed by atoms with Gasteiger partial charge in [0.25, 0.3) is 11.6 Å². The second-order valence-electron chi connectivity index (χ2n) is 7.34. The number of carbonyl (C=O) groups excluding carboxylic acids is 1. The minimum absolute atomic E-state index is 0.00813. The first-order valence-electron chi connectivity index (χ1n) is 8.37. The number of nitro groups is 1. The molecule has 0 aromatic heterocycles. The van der Waals surface area contributed by atoms with Gasteiger partial charge in [0.1, 0.15) is 5.75 Å². The molecule has 0 aliphatic carbocycles. The standard InChI is InChI=1S/C20H24N2O4/c1-13-6-9-18(16(10-13)20(3,4)5)26-12-19(23)21-17-8-7-15(22(24)25)11-14(17)2/h6-11H,12H2,1-5H3,(H,21,23). The van der Waals surface area contributed by atoms with Crippen molar-refractivity contribution in [2.75, 3.05) is 11.9 Å². The maximum absolute atomic E-state index is 12.2. The van der Waals surface area contributed by atoms with Crippen molar-refractivity contribution >= 4 is 17.3 Å². The Hall–Kier alpha value is -2.89. The summed E-state index contributed by atoms with van der Waals surface area (Å²) in [5.74, 6) is 0.362. The van der Waals surface area contributed by atoms with Crippen LogP contribution in [0.25, 0.3) is 0 Å². The summed E-state index contributed by atoms with van der Waals surface area (Å²) in [7, 11) is 0. The van der Waals surface area contributed by atoms with Crippen molar-refractivity contribution in [1.82, 2.24) is 0 Å². The number of nitrogens with one attached hydrogen (secondary N) is 1. The molecule has 0 spiro atoms. The van der Waals surface area contributed by atoms with E-state index in [1.165, 1.54) is 18.2 Å². The normalized spacial score (nSPS) is 11.1. The van der Waals surface area contributed by atoms with Gasteiger partial charge in [0.05, 0.1) is 4.92 Å². The zero-order valence-corrected chi connectivity index (χ0v) is 15.8. The highest BCUT2D eigenvalue weighted by molar-refractivity contribution is 5.92. The highest BCUT2D eigenvalue weighted by atomic mass is 16.6. The van der Waals surface area contributed by atoms with Crippen LogP contribution in [0.3, 0.4) is 0 Å². The van der Waals surface area contributed by atoms with Gasteiger partial charge in [-0.2, -0.15) is 0 Å². The number of hydrogen-bond donors (Lipinski definition) is 1. The number of amides is 1. The zero-order chi connectivity index (χ0) is 19.5. The molecule has 6 nitrogen and oxygen atoms in total. The largest absolute Gasteiger partial charge is 0.483 e. The van der Waals surface area contributed by atoms with Gasteiger partial charge in [-0.25, -0.2) is 0 Å². The highest BCUT2D eigenvalue weighted by Crippen LogP contribution is 2.32. The first kappa shape index (κ1) is 19.4. The molecule has 0 radical (unpaired) electrons. The predicted octanol–water partition coefficient (Wildman–Crippen LogP) is 4.53. The molecule has 0 fully saturated rings. The van der Waals surface area contributed by atoms with Gasteiger partial charge in [0.15, 0.2) is 6.61 Å². The van der Waals surface area contributed by atoms with Gasteiger partial charge in [-0.3, -0.25) is 14.9 Å². The number of nitrogens with zero attached hydrogens (tertiary/aromatic N) is 1. The number of benzene rings is 2. The number of aryl methyl sites for hydroxylation is 2. The summed E-state index contributed by atoms with van der Waals surface area (Å²) in [5.41, 5.74) is 3.21. The second kappa shape index (κ2) is 7.56. The number of carbonyl (C=O) groups is 1. The Labute approximate surface area is 153 Å². The summed E-state index contributed by atoms with van der Waals surface area (Å²) in [6, 6.07) is 10.2. The molecule has 2 aromatic carbocycles. The molecule has 0 heterocycles. The average Bonchev–Trinajstić information content (AvgIpc) is 2.54. The van der Waals surface area contributed by atoms with E-state index in [1.54, 1.807) is 6.92 Å². The quantitative estimate of drug-likeness (QED) is 0.630. The summed E-state index contributed by atoms with van der Waals surface area (Å²) >= 11 is 0. The number of ether oxygens (including phenoxy) is 1. The third-order valence-electron chi connectivity index (χ3n) is 4.00. The van der Waals surface area contributed by atoms with Gasteiger partial charge in [-0.15, -0.1) is 0 Å². The lowest BCUT2D eigenvalue weighted by atomic mass is 9.85.